The van der Waals surface area contributed by atoms with E-state index in [-0.39, 0.29) is 12.4 Å². The Kier molecular flexibility index (Phi) is 7.10. The van der Waals surface area contributed by atoms with Crippen LogP contribution in [0, 0.1) is 0 Å². The lowest BCUT2D eigenvalue weighted by atomic mass is 10.1. The van der Waals surface area contributed by atoms with Gasteiger partial charge in [-0.1, -0.05) is 0 Å². The number of nitrogens with zero attached hydrogens (tertiary/aromatic N) is 2. The molecule has 11 heteroatoms. The summed E-state index contributed by atoms with van der Waals surface area (Å²) >= 11 is 1.28. The highest BCUT2D eigenvalue weighted by molar-refractivity contribution is 7.91. The van der Waals surface area contributed by atoms with Gasteiger partial charge in [-0.25, -0.2) is 18.1 Å². The largest absolute Gasteiger partial charge is 0.497 e. The molecule has 0 radical (unpaired) electrons. The van der Waals surface area contributed by atoms with Gasteiger partial charge in [0.05, 0.1) is 7.11 Å². The van der Waals surface area contributed by atoms with Crippen LogP contribution in [0.15, 0.2) is 46.9 Å². The van der Waals surface area contributed by atoms with Crippen molar-refractivity contribution in [3.8, 4) is 5.75 Å². The third kappa shape index (κ3) is 4.80. The molecule has 5 rings (SSSR count). The van der Waals surface area contributed by atoms with E-state index in [1.807, 2.05) is 30.5 Å². The number of hydrogen-bond acceptors (Lipinski definition) is 7. The number of benzene rings is 1. The fourth-order valence-corrected chi connectivity index (χ4v) is 6.52. The van der Waals surface area contributed by atoms with Crippen molar-refractivity contribution in [2.75, 3.05) is 44.7 Å². The number of sulfonamides is 1. The van der Waals surface area contributed by atoms with Gasteiger partial charge in [-0.15, -0.1) is 23.7 Å². The highest BCUT2D eigenvalue weighted by Gasteiger charge is 2.21. The second kappa shape index (κ2) is 9.86. The van der Waals surface area contributed by atoms with Gasteiger partial charge in [0.15, 0.2) is 0 Å². The lowest BCUT2D eigenvalue weighted by Crippen LogP contribution is -2.43. The predicted molar refractivity (Wildman–Crippen MR) is 136 cm³/mol. The summed E-state index contributed by atoms with van der Waals surface area (Å²) in [6, 6.07) is 9.46. The predicted octanol–water partition coefficient (Wildman–Crippen LogP) is 3.14. The van der Waals surface area contributed by atoms with Gasteiger partial charge in [0.2, 0.25) is 10.0 Å². The van der Waals surface area contributed by atoms with Crippen molar-refractivity contribution in [3.63, 3.8) is 0 Å². The molecule has 0 aliphatic carbocycles. The minimum absolute atomic E-state index is 0. The molecule has 33 heavy (non-hydrogen) atoms. The number of halogens is 1. The number of H-pyrrole nitrogens is 1. The summed E-state index contributed by atoms with van der Waals surface area (Å²) in [5.74, 6) is 1.63. The van der Waals surface area contributed by atoms with E-state index < -0.39 is 10.0 Å². The fraction of sp³-hybridized carbons (Fsp3) is 0.318. The van der Waals surface area contributed by atoms with Crippen LogP contribution < -0.4 is 19.7 Å². The number of methoxy groups -OCH3 is 1. The molecule has 4 heterocycles. The van der Waals surface area contributed by atoms with Gasteiger partial charge in [-0.2, -0.15) is 0 Å². The van der Waals surface area contributed by atoms with E-state index in [9.17, 15) is 8.42 Å². The Bertz CT molecular complexity index is 1360. The molecule has 1 aromatic carbocycles. The second-order valence-corrected chi connectivity index (χ2v) is 10.8. The molecule has 3 aromatic heterocycles. The van der Waals surface area contributed by atoms with Crippen molar-refractivity contribution in [1.82, 2.24) is 20.0 Å². The lowest BCUT2D eigenvalue weighted by molar-refractivity contribution is 0.415. The average molecular weight is 508 g/mol. The number of thiophene rings is 1. The molecule has 1 aliphatic rings. The molecule has 0 unspecified atom stereocenters. The number of hydrogen-bond donors (Lipinski definition) is 3. The Balaban J connectivity index is 0.00000259. The first kappa shape index (κ1) is 23.8. The molecule has 0 bridgehead atoms. The van der Waals surface area contributed by atoms with Gasteiger partial charge in [0.1, 0.15) is 15.8 Å². The van der Waals surface area contributed by atoms with Crippen molar-refractivity contribution < 1.29 is 13.2 Å². The molecule has 1 saturated heterocycles. The van der Waals surface area contributed by atoms with Crippen molar-refractivity contribution in [1.29, 1.82) is 0 Å². The Morgan fingerprint density at radius 1 is 1.18 bits per heavy atom. The van der Waals surface area contributed by atoms with Crippen molar-refractivity contribution in [3.05, 3.63) is 48.3 Å². The SMILES string of the molecule is COc1ccc2[nH]cc(CCNS(=O)(=O)c3cc4c(N5CCNCC5)nccc4s3)c2c1.Cl. The molecular weight excluding hydrogens is 482 g/mol. The van der Waals surface area contributed by atoms with E-state index in [0.717, 1.165) is 64.3 Å². The summed E-state index contributed by atoms with van der Waals surface area (Å²) < 4.78 is 35.3. The summed E-state index contributed by atoms with van der Waals surface area (Å²) in [6.07, 6.45) is 4.25. The molecule has 1 fully saturated rings. The van der Waals surface area contributed by atoms with Gasteiger partial charge >= 0.3 is 0 Å². The minimum Gasteiger partial charge on any atom is -0.497 e. The van der Waals surface area contributed by atoms with Crippen LogP contribution in [0.3, 0.4) is 0 Å². The maximum Gasteiger partial charge on any atom is 0.250 e. The number of fused-ring (bicyclic) bond motifs is 2. The number of pyridine rings is 1. The highest BCUT2D eigenvalue weighted by Crippen LogP contribution is 2.34. The quantitative estimate of drug-likeness (QED) is 0.355. The molecule has 176 valence electrons. The van der Waals surface area contributed by atoms with Crippen LogP contribution in [0.5, 0.6) is 5.75 Å². The topological polar surface area (TPSA) is 99.3 Å². The van der Waals surface area contributed by atoms with Crippen LogP contribution in [0.1, 0.15) is 5.56 Å². The molecule has 0 amide bonds. The number of ether oxygens (including phenoxy) is 1. The van der Waals surface area contributed by atoms with E-state index in [2.05, 4.69) is 24.9 Å². The number of rotatable bonds is 7. The summed E-state index contributed by atoms with van der Waals surface area (Å²) in [5.41, 5.74) is 2.05. The first-order valence-corrected chi connectivity index (χ1v) is 12.8. The van der Waals surface area contributed by atoms with Gasteiger partial charge in [-0.3, -0.25) is 0 Å². The van der Waals surface area contributed by atoms with Crippen LogP contribution in [0.25, 0.3) is 21.0 Å². The van der Waals surface area contributed by atoms with Crippen LogP contribution in [0.2, 0.25) is 0 Å². The number of nitrogens with one attached hydrogen (secondary N) is 3. The first-order chi connectivity index (χ1) is 15.5. The maximum atomic E-state index is 13.0. The summed E-state index contributed by atoms with van der Waals surface area (Å²) in [6.45, 7) is 3.82. The molecule has 8 nitrogen and oxygen atoms in total. The number of aromatic nitrogens is 2. The van der Waals surface area contributed by atoms with E-state index in [1.165, 1.54) is 11.3 Å². The van der Waals surface area contributed by atoms with E-state index in [4.69, 9.17) is 4.74 Å². The van der Waals surface area contributed by atoms with Gasteiger partial charge in [0, 0.05) is 66.1 Å². The number of aromatic amines is 1. The highest BCUT2D eigenvalue weighted by atomic mass is 35.5. The van der Waals surface area contributed by atoms with Crippen molar-refractivity contribution in [2.45, 2.75) is 10.6 Å². The molecule has 3 N–H and O–H groups in total. The first-order valence-electron chi connectivity index (χ1n) is 10.5. The average Bonchev–Trinajstić information content (AvgIpc) is 3.44. The summed E-state index contributed by atoms with van der Waals surface area (Å²) in [5, 5.41) is 5.26. The summed E-state index contributed by atoms with van der Waals surface area (Å²) in [4.78, 5) is 9.98. The lowest BCUT2D eigenvalue weighted by Gasteiger charge is -2.28. The Labute approximate surface area is 202 Å². The minimum atomic E-state index is -3.61. The standard InChI is InChI=1S/C22H25N5O3S2.ClH/c1-30-16-2-3-19-17(12-16)15(14-25-19)4-7-26-32(28,29)21-13-18-20(31-21)5-6-24-22(18)27-10-8-23-9-11-27;/h2-3,5-6,12-14,23,25-26H,4,7-11H2,1H3;1H. The Hall–Kier alpha value is -2.37. The zero-order chi connectivity index (χ0) is 22.1. The Morgan fingerprint density at radius 3 is 2.79 bits per heavy atom. The maximum absolute atomic E-state index is 13.0. The second-order valence-electron chi connectivity index (χ2n) is 7.72. The van der Waals surface area contributed by atoms with Crippen LogP contribution >= 0.6 is 23.7 Å². The van der Waals surface area contributed by atoms with E-state index in [1.54, 1.807) is 19.4 Å². The smallest absolute Gasteiger partial charge is 0.250 e. The fourth-order valence-electron chi connectivity index (χ4n) is 4.07. The third-order valence-electron chi connectivity index (χ3n) is 5.74. The van der Waals surface area contributed by atoms with Crippen LogP contribution in [-0.4, -0.2) is 58.2 Å². The zero-order valence-corrected chi connectivity index (χ0v) is 20.6. The van der Waals surface area contributed by atoms with Crippen LogP contribution in [-0.2, 0) is 16.4 Å². The molecule has 0 atom stereocenters. The van der Waals surface area contributed by atoms with E-state index >= 15 is 0 Å². The van der Waals surface area contributed by atoms with E-state index in [0.29, 0.717) is 17.2 Å². The number of piperazine rings is 1. The monoisotopic (exact) mass is 507 g/mol. The molecule has 1 aliphatic heterocycles. The summed E-state index contributed by atoms with van der Waals surface area (Å²) in [7, 11) is -1.98. The number of anilines is 1. The normalized spacial score (nSPS) is 14.5. The van der Waals surface area contributed by atoms with Crippen molar-refractivity contribution in [2.24, 2.45) is 0 Å². The van der Waals surface area contributed by atoms with Crippen LogP contribution in [0.4, 0.5) is 5.82 Å². The van der Waals surface area contributed by atoms with Gasteiger partial charge in [0.25, 0.3) is 0 Å². The molecule has 0 saturated carbocycles. The zero-order valence-electron chi connectivity index (χ0n) is 18.1. The molecular formula is C22H26ClN5O3S2. The van der Waals surface area contributed by atoms with Crippen molar-refractivity contribution >= 4 is 60.6 Å². The molecule has 4 aromatic rings. The van der Waals surface area contributed by atoms with Gasteiger partial charge in [-0.05, 0) is 42.3 Å². The third-order valence-corrected chi connectivity index (χ3v) is 8.78. The van der Waals surface area contributed by atoms with Gasteiger partial charge < -0.3 is 19.9 Å². The Morgan fingerprint density at radius 2 is 2.00 bits per heavy atom. The molecule has 0 spiro atoms.